The third-order valence-corrected chi connectivity index (χ3v) is 4.03. The van der Waals surface area contributed by atoms with Crippen molar-refractivity contribution in [2.45, 2.75) is 25.4 Å². The number of nitrogens with zero attached hydrogens (tertiary/aromatic N) is 2. The van der Waals surface area contributed by atoms with E-state index in [0.717, 1.165) is 16.9 Å². The lowest BCUT2D eigenvalue weighted by atomic mass is 10.1. The zero-order valence-corrected chi connectivity index (χ0v) is 9.71. The molecule has 3 rings (SSSR count). The van der Waals surface area contributed by atoms with E-state index in [1.165, 1.54) is 0 Å². The van der Waals surface area contributed by atoms with Gasteiger partial charge >= 0.3 is 0 Å². The van der Waals surface area contributed by atoms with E-state index in [9.17, 15) is 9.70 Å². The van der Waals surface area contributed by atoms with Gasteiger partial charge in [-0.3, -0.25) is 4.79 Å². The molecule has 2 fully saturated rings. The summed E-state index contributed by atoms with van der Waals surface area (Å²) in [5.41, 5.74) is 1.13. The van der Waals surface area contributed by atoms with Crippen LogP contribution < -0.4 is 0 Å². The summed E-state index contributed by atoms with van der Waals surface area (Å²) in [5.74, 6) is 0.263. The van der Waals surface area contributed by atoms with Crippen LogP contribution in [0.1, 0.15) is 18.4 Å². The van der Waals surface area contributed by atoms with Crippen molar-refractivity contribution in [3.05, 3.63) is 40.8 Å². The van der Waals surface area contributed by atoms with E-state index in [4.69, 9.17) is 0 Å². The lowest BCUT2D eigenvalue weighted by Crippen LogP contribution is -2.52. The van der Waals surface area contributed by atoms with Crippen LogP contribution in [-0.4, -0.2) is 34.4 Å². The molecule has 0 radical (unpaired) electrons. The van der Waals surface area contributed by atoms with E-state index in [1.807, 2.05) is 30.3 Å². The van der Waals surface area contributed by atoms with Crippen molar-refractivity contribution in [1.29, 1.82) is 0 Å². The molecule has 1 aromatic rings. The van der Waals surface area contributed by atoms with Crippen LogP contribution in [0.5, 0.6) is 0 Å². The monoisotopic (exact) mass is 232 g/mol. The Morgan fingerprint density at radius 2 is 2.06 bits per heavy atom. The van der Waals surface area contributed by atoms with Crippen LogP contribution in [0.3, 0.4) is 0 Å². The number of ketones is 1. The highest BCUT2D eigenvalue weighted by molar-refractivity contribution is 5.84. The number of carbonyl (C=O) groups excluding carboxylic acids is 1. The topological polar surface area (TPSA) is 37.1 Å². The molecule has 0 aliphatic carbocycles. The standard InChI is InChI=1S/C13H16N2O2/c16-13-7-9-15(12(13)6-8-14(15)17)10-11-4-2-1-3-5-11/h1-5,12H,6-10H2/q+2. The van der Waals surface area contributed by atoms with Crippen molar-refractivity contribution >= 4 is 5.78 Å². The quantitative estimate of drug-likeness (QED) is 0.571. The maximum atomic E-state index is 12.1. The van der Waals surface area contributed by atoms with Gasteiger partial charge in [-0.05, 0) is 4.59 Å². The zero-order valence-electron chi connectivity index (χ0n) is 9.71. The van der Waals surface area contributed by atoms with Gasteiger partial charge in [-0.15, -0.1) is 0 Å². The van der Waals surface area contributed by atoms with Gasteiger partial charge in [0.05, 0.1) is 17.7 Å². The molecule has 2 aliphatic heterocycles. The highest BCUT2D eigenvalue weighted by Crippen LogP contribution is 2.34. The fourth-order valence-electron chi connectivity index (χ4n) is 3.16. The number of fused-ring (bicyclic) bond motifs is 1. The van der Waals surface area contributed by atoms with E-state index in [-0.39, 0.29) is 11.8 Å². The Bertz CT molecular complexity index is 472. The smallest absolute Gasteiger partial charge is 0.261 e. The number of benzene rings is 1. The molecule has 0 amide bonds. The van der Waals surface area contributed by atoms with Gasteiger partial charge in [-0.25, -0.2) is 0 Å². The lowest BCUT2D eigenvalue weighted by molar-refractivity contribution is -1.33. The largest absolute Gasteiger partial charge is 0.293 e. The molecular weight excluding hydrogens is 216 g/mol. The second-order valence-corrected chi connectivity index (χ2v) is 4.95. The Kier molecular flexibility index (Phi) is 2.33. The number of Topliss-reactive ketones (excluding diaryl/α,β-unsaturated/α-hetero) is 1. The van der Waals surface area contributed by atoms with Gasteiger partial charge in [-0.2, -0.15) is 0 Å². The summed E-state index contributed by atoms with van der Waals surface area (Å²) in [6, 6.07) is 9.89. The van der Waals surface area contributed by atoms with Gasteiger partial charge in [0, 0.05) is 5.56 Å². The van der Waals surface area contributed by atoms with Gasteiger partial charge in [0.1, 0.15) is 6.54 Å². The second-order valence-electron chi connectivity index (χ2n) is 4.95. The molecule has 88 valence electrons. The molecule has 0 N–H and O–H groups in total. The van der Waals surface area contributed by atoms with Crippen LogP contribution in [-0.2, 0) is 11.3 Å². The molecule has 0 bridgehead atoms. The summed E-state index contributed by atoms with van der Waals surface area (Å²) in [7, 11) is 0. The predicted molar refractivity (Wildman–Crippen MR) is 61.8 cm³/mol. The van der Waals surface area contributed by atoms with Gasteiger partial charge in [0.15, 0.2) is 11.4 Å². The Labute approximate surface area is 100.0 Å². The van der Waals surface area contributed by atoms with Crippen LogP contribution in [0.25, 0.3) is 0 Å². The minimum Gasteiger partial charge on any atom is -0.293 e. The molecule has 2 atom stereocenters. The predicted octanol–water partition coefficient (Wildman–Crippen LogP) is 1.44. The summed E-state index contributed by atoms with van der Waals surface area (Å²) in [5, 5.41) is 0. The highest BCUT2D eigenvalue weighted by Gasteiger charge is 2.63. The summed E-state index contributed by atoms with van der Waals surface area (Å²) >= 11 is 0. The highest BCUT2D eigenvalue weighted by atomic mass is 16.3. The molecule has 2 aliphatic rings. The maximum Gasteiger partial charge on any atom is 0.261 e. The van der Waals surface area contributed by atoms with Crippen LogP contribution >= 0.6 is 0 Å². The number of nitroso groups, excluding NO2 is 1. The molecule has 2 heterocycles. The summed E-state index contributed by atoms with van der Waals surface area (Å²) < 4.78 is 0.308. The van der Waals surface area contributed by atoms with Crippen molar-refractivity contribution in [2.24, 2.45) is 0 Å². The Balaban J connectivity index is 1.94. The number of hydrogen-bond acceptors (Lipinski definition) is 2. The Morgan fingerprint density at radius 1 is 1.29 bits per heavy atom. The van der Waals surface area contributed by atoms with E-state index in [0.29, 0.717) is 30.6 Å². The second kappa shape index (κ2) is 3.74. The van der Waals surface area contributed by atoms with E-state index >= 15 is 0 Å². The van der Waals surface area contributed by atoms with Gasteiger partial charge in [-0.1, -0.05) is 30.3 Å². The number of hydrogen-bond donors (Lipinski definition) is 0. The van der Waals surface area contributed by atoms with Gasteiger partial charge < -0.3 is 0 Å². The van der Waals surface area contributed by atoms with Gasteiger partial charge in [0.2, 0.25) is 11.8 Å². The SMILES string of the molecule is O=C1CC[N+]2(Cc3ccccc3)C1CC[N+]2=O. The number of rotatable bonds is 2. The van der Waals surface area contributed by atoms with Crippen LogP contribution in [0, 0.1) is 4.91 Å². The Hall–Kier alpha value is -1.55. The van der Waals surface area contributed by atoms with Crippen molar-refractivity contribution in [1.82, 2.24) is 0 Å². The summed E-state index contributed by atoms with van der Waals surface area (Å²) in [6.07, 6.45) is 1.27. The summed E-state index contributed by atoms with van der Waals surface area (Å²) in [4.78, 5) is 25.0. The van der Waals surface area contributed by atoms with E-state index < -0.39 is 0 Å². The maximum absolute atomic E-state index is 12.1. The zero-order chi connectivity index (χ0) is 11.9. The number of quaternary nitrogens is 1. The minimum atomic E-state index is -0.0901. The first kappa shape index (κ1) is 10.6. The average Bonchev–Trinajstić information content (AvgIpc) is 2.82. The van der Waals surface area contributed by atoms with Crippen LogP contribution in [0.4, 0.5) is 0 Å². The average molecular weight is 232 g/mol. The molecule has 4 heteroatoms. The minimum absolute atomic E-state index is 0.0901. The van der Waals surface area contributed by atoms with Crippen molar-refractivity contribution in [3.8, 4) is 0 Å². The van der Waals surface area contributed by atoms with Crippen LogP contribution in [0.15, 0.2) is 30.3 Å². The first-order valence-electron chi connectivity index (χ1n) is 6.11. The summed E-state index contributed by atoms with van der Waals surface area (Å²) in [6.45, 7) is 1.81. The molecule has 2 saturated heterocycles. The molecule has 4 nitrogen and oxygen atoms in total. The third-order valence-electron chi connectivity index (χ3n) is 4.03. The number of carbonyl (C=O) groups is 1. The molecule has 0 aromatic heterocycles. The van der Waals surface area contributed by atoms with Crippen LogP contribution in [0.2, 0.25) is 0 Å². The molecule has 1 aromatic carbocycles. The van der Waals surface area contributed by atoms with Crippen molar-refractivity contribution in [3.63, 3.8) is 0 Å². The van der Waals surface area contributed by atoms with Gasteiger partial charge in [0.25, 0.3) is 6.54 Å². The van der Waals surface area contributed by atoms with E-state index in [2.05, 4.69) is 0 Å². The fourth-order valence-corrected chi connectivity index (χ4v) is 3.16. The molecule has 0 spiro atoms. The first-order chi connectivity index (χ1) is 8.22. The normalized spacial score (nSPS) is 31.9. The van der Waals surface area contributed by atoms with Crippen molar-refractivity contribution in [2.75, 3.05) is 13.1 Å². The molecule has 17 heavy (non-hydrogen) atoms. The lowest BCUT2D eigenvalue weighted by Gasteiger charge is -2.21. The Morgan fingerprint density at radius 3 is 2.82 bits per heavy atom. The molecule has 0 saturated carbocycles. The molecule has 2 unspecified atom stereocenters. The fraction of sp³-hybridized carbons (Fsp3) is 0.462. The third kappa shape index (κ3) is 1.52. The molecular formula is C13H16N2O2+2. The van der Waals surface area contributed by atoms with Crippen molar-refractivity contribution < 1.29 is 14.3 Å². The first-order valence-corrected chi connectivity index (χ1v) is 6.11. The van der Waals surface area contributed by atoms with E-state index in [1.54, 1.807) is 0 Å².